The highest BCUT2D eigenvalue weighted by molar-refractivity contribution is 7.26. The zero-order valence-corrected chi connectivity index (χ0v) is 36.9. The van der Waals surface area contributed by atoms with E-state index in [0.29, 0.717) is 0 Å². The van der Waals surface area contributed by atoms with Gasteiger partial charge in [-0.1, -0.05) is 133 Å². The lowest BCUT2D eigenvalue weighted by molar-refractivity contribution is 0.668. The van der Waals surface area contributed by atoms with Crippen molar-refractivity contribution in [1.82, 2.24) is 0 Å². The number of fused-ring (bicyclic) bond motifs is 12. The van der Waals surface area contributed by atoms with Crippen LogP contribution in [0.2, 0.25) is 0 Å². The van der Waals surface area contributed by atoms with Crippen LogP contribution in [-0.4, -0.2) is 0 Å². The van der Waals surface area contributed by atoms with E-state index < -0.39 is 0 Å². The Bertz CT molecular complexity index is 3960. The van der Waals surface area contributed by atoms with Crippen molar-refractivity contribution in [3.05, 3.63) is 218 Å². The van der Waals surface area contributed by atoms with Gasteiger partial charge in [0.2, 0.25) is 0 Å². The summed E-state index contributed by atoms with van der Waals surface area (Å²) in [5.74, 6) is 0. The number of furan rings is 2. The summed E-state index contributed by atoms with van der Waals surface area (Å²) in [5, 5.41) is 9.32. The minimum Gasteiger partial charge on any atom is -0.454 e. The average molecular weight is 881 g/mol. The molecular weight excluding hydrogens is 845 g/mol. The SMILES string of the molecule is c1ccc(N(c2ccc3sc4ccccc4c3c2)c2cccc3c2oc2ccccc23)c(-c2ccccc2N(c2ccc3sc4ccccc4c3c2)c2cccc3c2oc2ccccc23)c1. The van der Waals surface area contributed by atoms with Crippen molar-refractivity contribution in [3.8, 4) is 11.1 Å². The molecule has 0 atom stereocenters. The van der Waals surface area contributed by atoms with Crippen LogP contribution in [0.4, 0.5) is 34.1 Å². The lowest BCUT2D eigenvalue weighted by Crippen LogP contribution is -2.14. The lowest BCUT2D eigenvalue weighted by atomic mass is 9.98. The third kappa shape index (κ3) is 5.69. The van der Waals surface area contributed by atoms with E-state index in [-0.39, 0.29) is 0 Å². The molecule has 0 aliphatic heterocycles. The first kappa shape index (κ1) is 37.2. The van der Waals surface area contributed by atoms with Gasteiger partial charge in [0.1, 0.15) is 11.2 Å². The van der Waals surface area contributed by atoms with E-state index in [1.54, 1.807) is 0 Å². The van der Waals surface area contributed by atoms with Crippen LogP contribution in [0, 0.1) is 0 Å². The van der Waals surface area contributed by atoms with Gasteiger partial charge in [0.05, 0.1) is 22.7 Å². The summed E-state index contributed by atoms with van der Waals surface area (Å²) < 4.78 is 18.7. The van der Waals surface area contributed by atoms with Crippen LogP contribution < -0.4 is 9.80 Å². The fraction of sp³-hybridized carbons (Fsp3) is 0. The highest BCUT2D eigenvalue weighted by atomic mass is 32.1. The first-order valence-corrected chi connectivity index (χ1v) is 23.8. The Morgan fingerprint density at radius 3 is 1.12 bits per heavy atom. The van der Waals surface area contributed by atoms with Crippen molar-refractivity contribution in [2.75, 3.05) is 9.80 Å². The van der Waals surface area contributed by atoms with Gasteiger partial charge in [0.15, 0.2) is 11.2 Å². The summed E-state index contributed by atoms with van der Waals surface area (Å²) in [6.07, 6.45) is 0. The van der Waals surface area contributed by atoms with Crippen LogP contribution >= 0.6 is 22.7 Å². The maximum atomic E-state index is 6.84. The monoisotopic (exact) mass is 880 g/mol. The number of thiophene rings is 2. The minimum atomic E-state index is 0.839. The molecule has 0 unspecified atom stereocenters. The molecule has 0 spiro atoms. The Morgan fingerprint density at radius 2 is 0.636 bits per heavy atom. The Hall–Kier alpha value is -8.16. The second-order valence-corrected chi connectivity index (χ2v) is 18.9. The van der Waals surface area contributed by atoms with Crippen LogP contribution in [0.1, 0.15) is 0 Å². The summed E-state index contributed by atoms with van der Waals surface area (Å²) in [4.78, 5) is 4.80. The second kappa shape index (κ2) is 14.7. The van der Waals surface area contributed by atoms with Gasteiger partial charge >= 0.3 is 0 Å². The van der Waals surface area contributed by atoms with Gasteiger partial charge in [0, 0.05) is 84.4 Å². The van der Waals surface area contributed by atoms with Gasteiger partial charge in [-0.2, -0.15) is 0 Å². The number of hydrogen-bond donors (Lipinski definition) is 0. The highest BCUT2D eigenvalue weighted by Gasteiger charge is 2.27. The van der Waals surface area contributed by atoms with E-state index in [9.17, 15) is 0 Å². The van der Waals surface area contributed by atoms with E-state index in [4.69, 9.17) is 8.83 Å². The standard InChI is InChI=1S/C60H36N2O2S2/c1-7-23-49(61(37-31-33-57-47(35-37)43-19-5-11-29-55(43)65-57)51-25-13-21-45-41-17-3-9-27-53(41)63-59(45)51)39(15-1)40-16-2-8-24-50(40)62(38-32-34-58-48(36-38)44-20-6-12-30-56(44)66-58)52-26-14-22-46-42-18-4-10-28-54(42)64-60(46)52/h1-36H. The largest absolute Gasteiger partial charge is 0.454 e. The van der Waals surface area contributed by atoms with E-state index >= 15 is 0 Å². The molecule has 10 aromatic carbocycles. The molecule has 14 rings (SSSR count). The molecule has 0 bridgehead atoms. The maximum Gasteiger partial charge on any atom is 0.159 e. The fourth-order valence-corrected chi connectivity index (χ4v) is 12.3. The zero-order valence-electron chi connectivity index (χ0n) is 35.3. The summed E-state index contributed by atoms with van der Waals surface area (Å²) in [5.41, 5.74) is 11.6. The minimum absolute atomic E-state index is 0.839. The molecule has 310 valence electrons. The first-order chi connectivity index (χ1) is 32.7. The Morgan fingerprint density at radius 1 is 0.273 bits per heavy atom. The molecular formula is C60H36N2O2S2. The molecule has 4 heterocycles. The van der Waals surface area contributed by atoms with Gasteiger partial charge in [-0.25, -0.2) is 0 Å². The fourth-order valence-electron chi connectivity index (χ4n) is 10.1. The van der Waals surface area contributed by atoms with Gasteiger partial charge in [-0.3, -0.25) is 0 Å². The predicted molar refractivity (Wildman–Crippen MR) is 282 cm³/mol. The van der Waals surface area contributed by atoms with Gasteiger partial charge < -0.3 is 18.6 Å². The number of nitrogens with zero attached hydrogens (tertiary/aromatic N) is 2. The number of anilines is 6. The molecule has 0 N–H and O–H groups in total. The van der Waals surface area contributed by atoms with Crippen LogP contribution in [0.5, 0.6) is 0 Å². The summed E-state index contributed by atoms with van der Waals surface area (Å²) in [7, 11) is 0. The van der Waals surface area contributed by atoms with E-state index in [2.05, 4.69) is 216 Å². The number of para-hydroxylation sites is 6. The van der Waals surface area contributed by atoms with Crippen molar-refractivity contribution < 1.29 is 8.83 Å². The summed E-state index contributed by atoms with van der Waals surface area (Å²) >= 11 is 3.67. The molecule has 0 aliphatic rings. The van der Waals surface area contributed by atoms with E-state index in [1.165, 1.54) is 40.3 Å². The second-order valence-electron chi connectivity index (χ2n) is 16.8. The molecule has 4 aromatic heterocycles. The first-order valence-electron chi connectivity index (χ1n) is 22.2. The zero-order chi connectivity index (χ0) is 43.3. The van der Waals surface area contributed by atoms with Crippen LogP contribution in [0.25, 0.3) is 95.3 Å². The third-order valence-electron chi connectivity index (χ3n) is 13.1. The van der Waals surface area contributed by atoms with Gasteiger partial charge in [-0.15, -0.1) is 22.7 Å². The molecule has 66 heavy (non-hydrogen) atoms. The van der Waals surface area contributed by atoms with Crippen LogP contribution in [0.3, 0.4) is 0 Å². The molecule has 0 saturated heterocycles. The van der Waals surface area contributed by atoms with Crippen LogP contribution in [0.15, 0.2) is 227 Å². The lowest BCUT2D eigenvalue weighted by Gasteiger charge is -2.31. The summed E-state index contributed by atoms with van der Waals surface area (Å²) in [6.45, 7) is 0. The Labute approximate surface area is 387 Å². The Balaban J connectivity index is 1.04. The highest BCUT2D eigenvalue weighted by Crippen LogP contribution is 2.51. The van der Waals surface area contributed by atoms with Gasteiger partial charge in [0.25, 0.3) is 0 Å². The average Bonchev–Trinajstić information content (AvgIpc) is 4.15. The van der Waals surface area contributed by atoms with Crippen molar-refractivity contribution in [2.45, 2.75) is 0 Å². The van der Waals surface area contributed by atoms with E-state index in [1.807, 2.05) is 34.8 Å². The Kier molecular flexibility index (Phi) is 8.29. The number of benzene rings is 10. The molecule has 0 fully saturated rings. The molecule has 0 saturated carbocycles. The van der Waals surface area contributed by atoms with Crippen molar-refractivity contribution in [3.63, 3.8) is 0 Å². The van der Waals surface area contributed by atoms with Crippen LogP contribution in [-0.2, 0) is 0 Å². The van der Waals surface area contributed by atoms with E-state index in [0.717, 1.165) is 89.1 Å². The smallest absolute Gasteiger partial charge is 0.159 e. The topological polar surface area (TPSA) is 32.8 Å². The number of hydrogen-bond acceptors (Lipinski definition) is 6. The molecule has 4 nitrogen and oxygen atoms in total. The van der Waals surface area contributed by atoms with Crippen molar-refractivity contribution in [2.24, 2.45) is 0 Å². The molecule has 0 aliphatic carbocycles. The predicted octanol–water partition coefficient (Wildman–Crippen LogP) is 18.8. The van der Waals surface area contributed by atoms with Crippen molar-refractivity contribution >= 4 is 141 Å². The van der Waals surface area contributed by atoms with Crippen molar-refractivity contribution in [1.29, 1.82) is 0 Å². The molecule has 0 radical (unpaired) electrons. The van der Waals surface area contributed by atoms with Gasteiger partial charge in [-0.05, 0) is 84.9 Å². The number of rotatable bonds is 7. The molecule has 0 amide bonds. The quantitative estimate of drug-likeness (QED) is 0.160. The molecule has 6 heteroatoms. The molecule has 14 aromatic rings. The normalized spacial score (nSPS) is 11.9. The third-order valence-corrected chi connectivity index (χ3v) is 15.4. The maximum absolute atomic E-state index is 6.84. The summed E-state index contributed by atoms with van der Waals surface area (Å²) in [6, 6.07) is 78.5.